The zero-order valence-electron chi connectivity index (χ0n) is 17.1. The van der Waals surface area contributed by atoms with Crippen molar-refractivity contribution in [3.8, 4) is 11.4 Å². The van der Waals surface area contributed by atoms with Crippen LogP contribution in [-0.2, 0) is 14.2 Å². The normalized spacial score (nSPS) is 20.0. The summed E-state index contributed by atoms with van der Waals surface area (Å²) in [6.07, 6.45) is 5.39. The van der Waals surface area contributed by atoms with E-state index in [1.54, 1.807) is 4.90 Å². The maximum atomic E-state index is 12.3. The molecule has 6 rings (SSSR count). The molecule has 0 aromatic carbocycles. The molecule has 0 bridgehead atoms. The van der Waals surface area contributed by atoms with Gasteiger partial charge in [-0.2, -0.15) is 0 Å². The highest BCUT2D eigenvalue weighted by Crippen LogP contribution is 2.31. The highest BCUT2D eigenvalue weighted by Gasteiger charge is 2.29. The molecule has 0 spiro atoms. The zero-order valence-corrected chi connectivity index (χ0v) is 17.1. The second-order valence-electron chi connectivity index (χ2n) is 8.19. The smallest absolute Gasteiger partial charge is 0.410 e. The van der Waals surface area contributed by atoms with E-state index < -0.39 is 0 Å². The zero-order chi connectivity index (χ0) is 20.8. The number of hydrogen-bond donors (Lipinski definition) is 1. The first-order valence-corrected chi connectivity index (χ1v) is 10.6. The van der Waals surface area contributed by atoms with E-state index in [4.69, 9.17) is 14.2 Å². The number of ether oxygens (including phenoxy) is 3. The number of nitrogens with one attached hydrogen (secondary N) is 1. The lowest BCUT2D eigenvalue weighted by Crippen LogP contribution is -2.51. The average Bonchev–Trinajstić information content (AvgIpc) is 3.36. The molecule has 3 aliphatic heterocycles. The first-order chi connectivity index (χ1) is 15.2. The molecular weight excluding hydrogens is 400 g/mol. The van der Waals surface area contributed by atoms with Crippen LogP contribution < -0.4 is 4.90 Å². The summed E-state index contributed by atoms with van der Waals surface area (Å²) in [6.45, 7) is 5.22. The highest BCUT2D eigenvalue weighted by molar-refractivity contribution is 5.93. The Morgan fingerprint density at radius 3 is 2.61 bits per heavy atom. The summed E-state index contributed by atoms with van der Waals surface area (Å²) >= 11 is 0. The van der Waals surface area contributed by atoms with Crippen LogP contribution in [0.2, 0.25) is 0 Å². The first-order valence-electron chi connectivity index (χ1n) is 10.6. The van der Waals surface area contributed by atoms with Gasteiger partial charge in [-0.3, -0.25) is 0 Å². The third kappa shape index (κ3) is 3.41. The molecule has 0 saturated carbocycles. The minimum atomic E-state index is -0.246. The number of H-pyrrole nitrogens is 1. The van der Waals surface area contributed by atoms with E-state index in [9.17, 15) is 4.79 Å². The van der Waals surface area contributed by atoms with Crippen LogP contribution in [0.15, 0.2) is 30.9 Å². The Labute approximate surface area is 178 Å². The van der Waals surface area contributed by atoms with Gasteiger partial charge in [-0.05, 0) is 12.1 Å². The van der Waals surface area contributed by atoms with Crippen molar-refractivity contribution in [2.24, 2.45) is 0 Å². The quantitative estimate of drug-likeness (QED) is 0.680. The Kier molecular flexibility index (Phi) is 4.53. The summed E-state index contributed by atoms with van der Waals surface area (Å²) in [7, 11) is 0. The molecule has 6 heterocycles. The Bertz CT molecular complexity index is 1090. The van der Waals surface area contributed by atoms with E-state index in [0.29, 0.717) is 32.3 Å². The number of hydrogen-bond acceptors (Lipinski definition) is 7. The second-order valence-corrected chi connectivity index (χ2v) is 8.19. The van der Waals surface area contributed by atoms with E-state index in [1.807, 2.05) is 18.6 Å². The number of fused-ring (bicyclic) bond motifs is 1. The number of pyridine rings is 1. The number of piperazine rings is 1. The molecule has 10 nitrogen and oxygen atoms in total. The summed E-state index contributed by atoms with van der Waals surface area (Å²) in [5.74, 6) is 0. The Morgan fingerprint density at radius 2 is 1.90 bits per heavy atom. The van der Waals surface area contributed by atoms with Crippen LogP contribution in [0.5, 0.6) is 0 Å². The number of carbonyl (C=O) groups is 1. The number of aromatic amines is 1. The van der Waals surface area contributed by atoms with Crippen molar-refractivity contribution in [2.45, 2.75) is 12.1 Å². The molecule has 162 valence electrons. The van der Waals surface area contributed by atoms with Crippen LogP contribution in [0.4, 0.5) is 10.5 Å². The van der Waals surface area contributed by atoms with Crippen LogP contribution in [0.25, 0.3) is 22.4 Å². The van der Waals surface area contributed by atoms with Gasteiger partial charge in [0.1, 0.15) is 11.3 Å². The van der Waals surface area contributed by atoms with Crippen molar-refractivity contribution < 1.29 is 19.0 Å². The second kappa shape index (κ2) is 7.54. The molecule has 3 aromatic rings. The van der Waals surface area contributed by atoms with Crippen molar-refractivity contribution in [2.75, 3.05) is 57.5 Å². The van der Waals surface area contributed by atoms with E-state index in [2.05, 4.69) is 36.7 Å². The van der Waals surface area contributed by atoms with Gasteiger partial charge >= 0.3 is 6.09 Å². The Hall–Kier alpha value is -3.11. The average molecular weight is 424 g/mol. The van der Waals surface area contributed by atoms with Crippen molar-refractivity contribution in [3.63, 3.8) is 0 Å². The molecule has 0 atom stereocenters. The molecule has 3 saturated heterocycles. The maximum absolute atomic E-state index is 12.3. The van der Waals surface area contributed by atoms with Gasteiger partial charge in [0, 0.05) is 49.6 Å². The number of imidazole rings is 1. The van der Waals surface area contributed by atoms with Gasteiger partial charge in [0.25, 0.3) is 0 Å². The van der Waals surface area contributed by atoms with Gasteiger partial charge in [-0.1, -0.05) is 0 Å². The number of nitrogens with zero attached hydrogens (tertiary/aromatic N) is 5. The van der Waals surface area contributed by atoms with E-state index in [-0.39, 0.29) is 12.2 Å². The first kappa shape index (κ1) is 18.6. The minimum Gasteiger partial charge on any atom is -0.441 e. The van der Waals surface area contributed by atoms with Crippen LogP contribution >= 0.6 is 0 Å². The number of rotatable bonds is 4. The topological polar surface area (TPSA) is 97.7 Å². The number of aromatic nitrogens is 4. The molecular formula is C21H24N6O4. The van der Waals surface area contributed by atoms with Gasteiger partial charge < -0.3 is 33.6 Å². The van der Waals surface area contributed by atoms with E-state index in [0.717, 1.165) is 54.4 Å². The van der Waals surface area contributed by atoms with Crippen LogP contribution in [0.3, 0.4) is 0 Å². The molecule has 31 heavy (non-hydrogen) atoms. The maximum Gasteiger partial charge on any atom is 0.410 e. The predicted molar refractivity (Wildman–Crippen MR) is 112 cm³/mol. The molecule has 0 radical (unpaired) electrons. The van der Waals surface area contributed by atoms with Gasteiger partial charge in [0.2, 0.25) is 0 Å². The largest absolute Gasteiger partial charge is 0.441 e. The standard InChI is InChI=1S/C21H24N6O4/c28-21(31-15-11-30-12-15)26-5-3-25(4-6-26)19-1-2-22-20-16(19)7-17(24-20)18-8-27(13-23-18)14-9-29-10-14/h1-2,7-8,13-15H,3-6,9-12H2,(H,22,24). The van der Waals surface area contributed by atoms with Crippen LogP contribution in [0.1, 0.15) is 6.04 Å². The fourth-order valence-electron chi connectivity index (χ4n) is 4.13. The lowest BCUT2D eigenvalue weighted by atomic mass is 10.2. The minimum absolute atomic E-state index is 0.0936. The molecule has 3 aliphatic rings. The SMILES string of the molecule is O=C(OC1COC1)N1CCN(c2ccnc3[nH]c(-c4cn(C5COC5)cn4)cc23)CC1. The van der Waals surface area contributed by atoms with E-state index in [1.165, 1.54) is 0 Å². The molecule has 3 fully saturated rings. The summed E-state index contributed by atoms with van der Waals surface area (Å²) in [6, 6.07) is 4.52. The number of amides is 1. The predicted octanol–water partition coefficient (Wildman–Crippen LogP) is 1.66. The van der Waals surface area contributed by atoms with Crippen LogP contribution in [0, 0.1) is 0 Å². The Morgan fingerprint density at radius 1 is 1.10 bits per heavy atom. The van der Waals surface area contributed by atoms with Gasteiger partial charge in [-0.25, -0.2) is 14.8 Å². The third-order valence-corrected chi connectivity index (χ3v) is 6.18. The number of carbonyl (C=O) groups excluding carboxylic acids is 1. The van der Waals surface area contributed by atoms with Crippen LogP contribution in [-0.4, -0.2) is 89.2 Å². The summed E-state index contributed by atoms with van der Waals surface area (Å²) in [5.41, 5.74) is 3.78. The lowest BCUT2D eigenvalue weighted by Gasteiger charge is -2.37. The summed E-state index contributed by atoms with van der Waals surface area (Å²) in [5, 5.41) is 1.06. The van der Waals surface area contributed by atoms with Crippen molar-refractivity contribution in [1.29, 1.82) is 0 Å². The van der Waals surface area contributed by atoms with Crippen molar-refractivity contribution in [3.05, 3.63) is 30.9 Å². The van der Waals surface area contributed by atoms with Crippen molar-refractivity contribution in [1.82, 2.24) is 24.4 Å². The lowest BCUT2D eigenvalue weighted by molar-refractivity contribution is -0.104. The molecule has 1 amide bonds. The van der Waals surface area contributed by atoms with E-state index >= 15 is 0 Å². The molecule has 0 aliphatic carbocycles. The Balaban J connectivity index is 1.18. The number of anilines is 1. The summed E-state index contributed by atoms with van der Waals surface area (Å²) < 4.78 is 17.9. The highest BCUT2D eigenvalue weighted by atomic mass is 16.6. The third-order valence-electron chi connectivity index (χ3n) is 6.18. The molecule has 0 unspecified atom stereocenters. The molecule has 10 heteroatoms. The monoisotopic (exact) mass is 424 g/mol. The van der Waals surface area contributed by atoms with Gasteiger partial charge in [-0.15, -0.1) is 0 Å². The van der Waals surface area contributed by atoms with Gasteiger partial charge in [0.05, 0.1) is 44.5 Å². The fraction of sp³-hybridized carbons (Fsp3) is 0.476. The fourth-order valence-corrected chi connectivity index (χ4v) is 4.13. The molecule has 3 aromatic heterocycles. The molecule has 1 N–H and O–H groups in total. The summed E-state index contributed by atoms with van der Waals surface area (Å²) in [4.78, 5) is 28.8. The van der Waals surface area contributed by atoms with Crippen molar-refractivity contribution >= 4 is 22.8 Å². The van der Waals surface area contributed by atoms with Gasteiger partial charge in [0.15, 0.2) is 6.10 Å².